The van der Waals surface area contributed by atoms with Crippen LogP contribution >= 0.6 is 34.5 Å². The second kappa shape index (κ2) is 7.44. The first-order valence-electron chi connectivity index (χ1n) is 7.42. The van der Waals surface area contributed by atoms with Crippen LogP contribution in [0.25, 0.3) is 21.9 Å². The second-order valence-corrected chi connectivity index (χ2v) is 6.94. The number of benzene rings is 2. The molecule has 1 aromatic heterocycles. The fourth-order valence-electron chi connectivity index (χ4n) is 2.24. The molecule has 2 aromatic carbocycles. The molecule has 0 atom stereocenters. The fourth-order valence-corrected chi connectivity index (χ4v) is 3.71. The van der Waals surface area contributed by atoms with E-state index < -0.39 is 5.97 Å². The standard InChI is InChI=1S/C18H13Cl2NO3S/c1-2-24-18(23)11(7-10-8-12(19)16(22)13(20)9-10)17-21-14-5-3-4-6-15(14)25-17/h3-9,22H,2H2,1H3. The number of esters is 1. The number of carbonyl (C=O) groups is 1. The third-order valence-electron chi connectivity index (χ3n) is 3.37. The number of fused-ring (bicyclic) bond motifs is 1. The van der Waals surface area contributed by atoms with Crippen LogP contribution in [0.15, 0.2) is 36.4 Å². The van der Waals surface area contributed by atoms with Crippen LogP contribution in [0.2, 0.25) is 10.0 Å². The molecule has 25 heavy (non-hydrogen) atoms. The average Bonchev–Trinajstić information content (AvgIpc) is 3.01. The summed E-state index contributed by atoms with van der Waals surface area (Å²) in [4.78, 5) is 16.9. The first-order valence-corrected chi connectivity index (χ1v) is 8.99. The summed E-state index contributed by atoms with van der Waals surface area (Å²) in [5, 5.41) is 10.4. The summed E-state index contributed by atoms with van der Waals surface area (Å²) >= 11 is 13.3. The molecule has 0 saturated carbocycles. The van der Waals surface area contributed by atoms with Crippen molar-refractivity contribution < 1.29 is 14.6 Å². The van der Waals surface area contributed by atoms with Gasteiger partial charge in [0.1, 0.15) is 5.01 Å². The smallest absolute Gasteiger partial charge is 0.341 e. The maximum Gasteiger partial charge on any atom is 0.341 e. The molecule has 1 N–H and O–H groups in total. The molecule has 3 rings (SSSR count). The van der Waals surface area contributed by atoms with Crippen molar-refractivity contribution in [1.29, 1.82) is 0 Å². The van der Waals surface area contributed by atoms with Crippen LogP contribution in [-0.4, -0.2) is 22.7 Å². The number of thiazole rings is 1. The first kappa shape index (κ1) is 17.7. The molecule has 3 aromatic rings. The van der Waals surface area contributed by atoms with Gasteiger partial charge in [0.25, 0.3) is 0 Å². The van der Waals surface area contributed by atoms with Crippen molar-refractivity contribution in [2.24, 2.45) is 0 Å². The van der Waals surface area contributed by atoms with E-state index in [9.17, 15) is 9.90 Å². The quantitative estimate of drug-likeness (QED) is 0.475. The van der Waals surface area contributed by atoms with Crippen LogP contribution in [0.3, 0.4) is 0 Å². The fraction of sp³-hybridized carbons (Fsp3) is 0.111. The van der Waals surface area contributed by atoms with Gasteiger partial charge >= 0.3 is 5.97 Å². The number of aromatic nitrogens is 1. The predicted octanol–water partition coefficient (Wildman–Crippen LogP) is 5.41. The topological polar surface area (TPSA) is 59.4 Å². The van der Waals surface area contributed by atoms with E-state index in [1.54, 1.807) is 13.0 Å². The van der Waals surface area contributed by atoms with E-state index in [0.717, 1.165) is 10.2 Å². The van der Waals surface area contributed by atoms with Gasteiger partial charge in [0.15, 0.2) is 5.75 Å². The Hall–Kier alpha value is -2.08. The molecule has 0 radical (unpaired) electrons. The Morgan fingerprint density at radius 2 is 1.96 bits per heavy atom. The van der Waals surface area contributed by atoms with E-state index in [0.29, 0.717) is 16.1 Å². The zero-order valence-electron chi connectivity index (χ0n) is 13.1. The lowest BCUT2D eigenvalue weighted by molar-refractivity contribution is -0.136. The summed E-state index contributed by atoms with van der Waals surface area (Å²) < 4.78 is 6.12. The first-order chi connectivity index (χ1) is 12.0. The van der Waals surface area contributed by atoms with E-state index in [1.165, 1.54) is 23.5 Å². The Kier molecular flexibility index (Phi) is 5.27. The minimum absolute atomic E-state index is 0.103. The number of halogens is 2. The molecular formula is C18H13Cl2NO3S. The summed E-state index contributed by atoms with van der Waals surface area (Å²) in [6.45, 7) is 1.99. The van der Waals surface area contributed by atoms with Gasteiger partial charge < -0.3 is 9.84 Å². The third-order valence-corrected chi connectivity index (χ3v) is 5.02. The van der Waals surface area contributed by atoms with Gasteiger partial charge in [-0.05, 0) is 42.8 Å². The molecule has 4 nitrogen and oxygen atoms in total. The lowest BCUT2D eigenvalue weighted by atomic mass is 10.1. The molecule has 0 bridgehead atoms. The number of hydrogen-bond donors (Lipinski definition) is 1. The van der Waals surface area contributed by atoms with Crippen molar-refractivity contribution in [1.82, 2.24) is 4.98 Å². The molecule has 1 heterocycles. The Bertz CT molecular complexity index is 925. The maximum absolute atomic E-state index is 12.4. The molecule has 0 saturated heterocycles. The SMILES string of the molecule is CCOC(=O)C(=Cc1cc(Cl)c(O)c(Cl)c1)c1nc2ccccc2s1. The number of ether oxygens (including phenoxy) is 1. The normalized spacial score (nSPS) is 11.7. The molecule has 0 aliphatic heterocycles. The maximum atomic E-state index is 12.4. The predicted molar refractivity (Wildman–Crippen MR) is 102 cm³/mol. The largest absolute Gasteiger partial charge is 0.505 e. The highest BCUT2D eigenvalue weighted by Gasteiger charge is 2.18. The van der Waals surface area contributed by atoms with Crippen LogP contribution in [-0.2, 0) is 9.53 Å². The molecule has 128 valence electrons. The van der Waals surface area contributed by atoms with Crippen LogP contribution < -0.4 is 0 Å². The summed E-state index contributed by atoms with van der Waals surface area (Å²) in [5.74, 6) is -0.681. The van der Waals surface area contributed by atoms with Gasteiger partial charge in [-0.3, -0.25) is 0 Å². The van der Waals surface area contributed by atoms with Crippen LogP contribution in [0, 0.1) is 0 Å². The number of phenols is 1. The molecule has 0 amide bonds. The second-order valence-electron chi connectivity index (χ2n) is 5.10. The van der Waals surface area contributed by atoms with Gasteiger partial charge in [0.2, 0.25) is 0 Å². The van der Waals surface area contributed by atoms with Gasteiger partial charge in [0.05, 0.1) is 32.4 Å². The van der Waals surface area contributed by atoms with Crippen molar-refractivity contribution in [2.75, 3.05) is 6.61 Å². The van der Waals surface area contributed by atoms with E-state index in [2.05, 4.69) is 4.98 Å². The summed E-state index contributed by atoms with van der Waals surface area (Å²) in [7, 11) is 0. The van der Waals surface area contributed by atoms with Gasteiger partial charge in [0, 0.05) is 0 Å². The lowest BCUT2D eigenvalue weighted by Gasteiger charge is -2.06. The molecule has 0 spiro atoms. The monoisotopic (exact) mass is 393 g/mol. The number of para-hydroxylation sites is 1. The van der Waals surface area contributed by atoms with Gasteiger partial charge in [-0.1, -0.05) is 35.3 Å². The molecule has 0 aliphatic carbocycles. The molecule has 0 unspecified atom stereocenters. The third kappa shape index (κ3) is 3.79. The van der Waals surface area contributed by atoms with Gasteiger partial charge in [-0.25, -0.2) is 9.78 Å². The zero-order chi connectivity index (χ0) is 18.0. The molecular weight excluding hydrogens is 381 g/mol. The molecule has 0 aliphatic rings. The number of nitrogens with zero attached hydrogens (tertiary/aromatic N) is 1. The van der Waals surface area contributed by atoms with Gasteiger partial charge in [-0.15, -0.1) is 11.3 Å². The van der Waals surface area contributed by atoms with Crippen LogP contribution in [0.1, 0.15) is 17.5 Å². The molecule has 0 fully saturated rings. The Labute approximate surface area is 158 Å². The summed E-state index contributed by atoms with van der Waals surface area (Å²) in [6, 6.07) is 10.7. The zero-order valence-corrected chi connectivity index (χ0v) is 15.5. The van der Waals surface area contributed by atoms with Crippen molar-refractivity contribution >= 4 is 62.4 Å². The highest BCUT2D eigenvalue weighted by molar-refractivity contribution is 7.19. The summed E-state index contributed by atoms with van der Waals surface area (Å²) in [5.41, 5.74) is 1.68. The van der Waals surface area contributed by atoms with E-state index in [1.807, 2.05) is 24.3 Å². The summed E-state index contributed by atoms with van der Waals surface area (Å²) in [6.07, 6.45) is 1.60. The van der Waals surface area contributed by atoms with E-state index >= 15 is 0 Å². The number of hydrogen-bond acceptors (Lipinski definition) is 5. The number of carbonyl (C=O) groups excluding carboxylic acids is 1. The highest BCUT2D eigenvalue weighted by Crippen LogP contribution is 2.35. The van der Waals surface area contributed by atoms with Gasteiger partial charge in [-0.2, -0.15) is 0 Å². The van der Waals surface area contributed by atoms with E-state index in [-0.39, 0.29) is 22.4 Å². The van der Waals surface area contributed by atoms with Crippen LogP contribution in [0.5, 0.6) is 5.75 Å². The Balaban J connectivity index is 2.13. The van der Waals surface area contributed by atoms with E-state index in [4.69, 9.17) is 27.9 Å². The van der Waals surface area contributed by atoms with Crippen molar-refractivity contribution in [3.05, 3.63) is 57.0 Å². The molecule has 7 heteroatoms. The number of rotatable bonds is 4. The van der Waals surface area contributed by atoms with Crippen molar-refractivity contribution in [3.63, 3.8) is 0 Å². The Morgan fingerprint density at radius 3 is 2.60 bits per heavy atom. The van der Waals surface area contributed by atoms with Crippen LogP contribution in [0.4, 0.5) is 0 Å². The average molecular weight is 394 g/mol. The van der Waals surface area contributed by atoms with Crippen molar-refractivity contribution in [2.45, 2.75) is 6.92 Å². The number of phenolic OH excluding ortho intramolecular Hbond substituents is 1. The highest BCUT2D eigenvalue weighted by atomic mass is 35.5. The van der Waals surface area contributed by atoms with Crippen molar-refractivity contribution in [3.8, 4) is 5.75 Å². The lowest BCUT2D eigenvalue weighted by Crippen LogP contribution is -2.06. The minimum Gasteiger partial charge on any atom is -0.505 e. The number of aromatic hydroxyl groups is 1. The minimum atomic E-state index is -0.484. The Morgan fingerprint density at radius 1 is 1.28 bits per heavy atom.